The van der Waals surface area contributed by atoms with Gasteiger partial charge in [0.15, 0.2) is 0 Å². The summed E-state index contributed by atoms with van der Waals surface area (Å²) in [5.41, 5.74) is 0.908. The Morgan fingerprint density at radius 1 is 1.39 bits per heavy atom. The summed E-state index contributed by atoms with van der Waals surface area (Å²) in [6.45, 7) is 1.72. The summed E-state index contributed by atoms with van der Waals surface area (Å²) >= 11 is 7.15. The lowest BCUT2D eigenvalue weighted by Crippen LogP contribution is -2.24. The van der Waals surface area contributed by atoms with Crippen LogP contribution in [-0.4, -0.2) is 21.4 Å². The third-order valence-corrected chi connectivity index (χ3v) is 3.65. The van der Waals surface area contributed by atoms with E-state index < -0.39 is 6.09 Å². The molecule has 0 bridgehead atoms. The molecule has 1 amide bonds. The first-order chi connectivity index (χ1) is 8.56. The second-order valence-electron chi connectivity index (χ2n) is 3.62. The number of carboxylic acid groups (broad SMARTS) is 1. The van der Waals surface area contributed by atoms with Crippen LogP contribution >= 0.6 is 22.9 Å². The van der Waals surface area contributed by atoms with Crippen molar-refractivity contribution in [1.29, 1.82) is 0 Å². The number of halogens is 1. The van der Waals surface area contributed by atoms with Crippen molar-refractivity contribution in [3.05, 3.63) is 34.3 Å². The quantitative estimate of drug-likeness (QED) is 0.907. The highest BCUT2D eigenvalue weighted by molar-refractivity contribution is 7.14. The van der Waals surface area contributed by atoms with E-state index >= 15 is 0 Å². The van der Waals surface area contributed by atoms with Crippen LogP contribution in [0.15, 0.2) is 24.3 Å². The highest BCUT2D eigenvalue weighted by atomic mass is 35.5. The van der Waals surface area contributed by atoms with Crippen LogP contribution in [0, 0.1) is 0 Å². The Labute approximate surface area is 112 Å². The Balaban J connectivity index is 2.19. The maximum atomic E-state index is 10.5. The number of hydrogen-bond acceptors (Lipinski definition) is 4. The number of rotatable bonds is 3. The molecule has 0 saturated carbocycles. The molecular weight excluding hydrogens is 274 g/mol. The first-order valence-corrected chi connectivity index (χ1v) is 6.34. The fraction of sp³-hybridized carbons (Fsp3) is 0.182. The molecule has 1 aromatic carbocycles. The Bertz CT molecular complexity index is 556. The first-order valence-electron chi connectivity index (χ1n) is 5.15. The second-order valence-corrected chi connectivity index (χ2v) is 5.07. The second kappa shape index (κ2) is 5.32. The van der Waals surface area contributed by atoms with Crippen LogP contribution in [0.3, 0.4) is 0 Å². The van der Waals surface area contributed by atoms with Gasteiger partial charge < -0.3 is 10.4 Å². The summed E-state index contributed by atoms with van der Waals surface area (Å²) in [7, 11) is 0. The van der Waals surface area contributed by atoms with Crippen LogP contribution < -0.4 is 5.32 Å². The fourth-order valence-electron chi connectivity index (χ4n) is 1.37. The molecule has 0 radical (unpaired) electrons. The van der Waals surface area contributed by atoms with E-state index in [-0.39, 0.29) is 6.04 Å². The lowest BCUT2D eigenvalue weighted by Gasteiger charge is -2.05. The largest absolute Gasteiger partial charge is 0.465 e. The van der Waals surface area contributed by atoms with E-state index in [9.17, 15) is 4.79 Å². The van der Waals surface area contributed by atoms with E-state index in [0.717, 1.165) is 10.6 Å². The SMILES string of the molecule is C[C@H](NC(=O)O)c1nnc(-c2ccc(Cl)cc2)s1. The van der Waals surface area contributed by atoms with Gasteiger partial charge in [0.05, 0.1) is 6.04 Å². The normalized spacial score (nSPS) is 12.1. The van der Waals surface area contributed by atoms with Crippen molar-refractivity contribution in [3.8, 4) is 10.6 Å². The third kappa shape index (κ3) is 2.96. The van der Waals surface area contributed by atoms with Crippen molar-refractivity contribution in [2.45, 2.75) is 13.0 Å². The molecule has 0 unspecified atom stereocenters. The maximum absolute atomic E-state index is 10.5. The monoisotopic (exact) mass is 283 g/mol. The van der Waals surface area contributed by atoms with Gasteiger partial charge in [0, 0.05) is 10.6 Å². The predicted octanol–water partition coefficient (Wildman–Crippen LogP) is 3.19. The van der Waals surface area contributed by atoms with Crippen LogP contribution in [0.5, 0.6) is 0 Å². The molecule has 2 N–H and O–H groups in total. The van der Waals surface area contributed by atoms with Crippen LogP contribution in [0.2, 0.25) is 5.02 Å². The summed E-state index contributed by atoms with van der Waals surface area (Å²) in [6.07, 6.45) is -1.08. The summed E-state index contributed by atoms with van der Waals surface area (Å²) in [5.74, 6) is 0. The molecule has 2 rings (SSSR count). The molecule has 0 aliphatic heterocycles. The Morgan fingerprint density at radius 2 is 2.06 bits per heavy atom. The van der Waals surface area contributed by atoms with Gasteiger partial charge in [0.2, 0.25) is 0 Å². The molecule has 18 heavy (non-hydrogen) atoms. The maximum Gasteiger partial charge on any atom is 0.405 e. The summed E-state index contributed by atoms with van der Waals surface area (Å²) in [6, 6.07) is 6.87. The Kier molecular flexibility index (Phi) is 3.78. The van der Waals surface area contributed by atoms with Crippen molar-refractivity contribution in [2.75, 3.05) is 0 Å². The molecule has 0 aliphatic carbocycles. The van der Waals surface area contributed by atoms with Crippen LogP contribution in [0.4, 0.5) is 4.79 Å². The zero-order valence-corrected chi connectivity index (χ0v) is 11.0. The van der Waals surface area contributed by atoms with Gasteiger partial charge in [-0.3, -0.25) is 0 Å². The zero-order chi connectivity index (χ0) is 13.1. The van der Waals surface area contributed by atoms with Gasteiger partial charge in [-0.1, -0.05) is 35.1 Å². The van der Waals surface area contributed by atoms with Gasteiger partial charge in [-0.15, -0.1) is 10.2 Å². The van der Waals surface area contributed by atoms with E-state index in [2.05, 4.69) is 15.5 Å². The van der Waals surface area contributed by atoms with Crippen molar-refractivity contribution >= 4 is 29.0 Å². The van der Waals surface area contributed by atoms with Gasteiger partial charge in [0.1, 0.15) is 10.0 Å². The average Bonchev–Trinajstić information content (AvgIpc) is 2.78. The van der Waals surface area contributed by atoms with Crippen LogP contribution in [-0.2, 0) is 0 Å². The van der Waals surface area contributed by atoms with Gasteiger partial charge in [-0.25, -0.2) is 4.79 Å². The van der Waals surface area contributed by atoms with Gasteiger partial charge in [-0.2, -0.15) is 0 Å². The van der Waals surface area contributed by atoms with E-state index in [1.165, 1.54) is 11.3 Å². The number of hydrogen-bond donors (Lipinski definition) is 2. The number of carbonyl (C=O) groups is 1. The van der Waals surface area contributed by atoms with Gasteiger partial charge >= 0.3 is 6.09 Å². The van der Waals surface area contributed by atoms with Crippen molar-refractivity contribution < 1.29 is 9.90 Å². The topological polar surface area (TPSA) is 75.1 Å². The number of amides is 1. The average molecular weight is 284 g/mol. The molecule has 94 valence electrons. The molecule has 0 aliphatic rings. The van der Waals surface area contributed by atoms with Crippen molar-refractivity contribution in [1.82, 2.24) is 15.5 Å². The molecule has 1 atom stereocenters. The molecule has 2 aromatic rings. The zero-order valence-electron chi connectivity index (χ0n) is 9.42. The Hall–Kier alpha value is -1.66. The minimum atomic E-state index is -1.08. The third-order valence-electron chi connectivity index (χ3n) is 2.24. The van der Waals surface area contributed by atoms with Gasteiger partial charge in [0.25, 0.3) is 0 Å². The summed E-state index contributed by atoms with van der Waals surface area (Å²) in [4.78, 5) is 10.5. The molecule has 0 spiro atoms. The fourth-order valence-corrected chi connectivity index (χ4v) is 2.34. The van der Waals surface area contributed by atoms with Crippen LogP contribution in [0.1, 0.15) is 18.0 Å². The number of nitrogens with one attached hydrogen (secondary N) is 1. The van der Waals surface area contributed by atoms with Crippen molar-refractivity contribution in [3.63, 3.8) is 0 Å². The lowest BCUT2D eigenvalue weighted by molar-refractivity contribution is 0.191. The number of aromatic nitrogens is 2. The smallest absolute Gasteiger partial charge is 0.405 e. The molecule has 7 heteroatoms. The van der Waals surface area contributed by atoms with Gasteiger partial charge in [-0.05, 0) is 19.1 Å². The molecule has 0 fully saturated rings. The van der Waals surface area contributed by atoms with E-state index in [1.54, 1.807) is 19.1 Å². The van der Waals surface area contributed by atoms with E-state index in [1.807, 2.05) is 12.1 Å². The standard InChI is InChI=1S/C11H10ClN3O2S/c1-6(13-11(16)17)9-14-15-10(18-9)7-2-4-8(12)5-3-7/h2-6,13H,1H3,(H,16,17)/t6-/m0/s1. The minimum absolute atomic E-state index is 0.374. The minimum Gasteiger partial charge on any atom is -0.465 e. The highest BCUT2D eigenvalue weighted by Gasteiger charge is 2.14. The van der Waals surface area contributed by atoms with E-state index in [0.29, 0.717) is 10.0 Å². The van der Waals surface area contributed by atoms with Crippen molar-refractivity contribution in [2.24, 2.45) is 0 Å². The molecule has 1 aromatic heterocycles. The molecule has 0 saturated heterocycles. The lowest BCUT2D eigenvalue weighted by atomic mass is 10.2. The predicted molar refractivity (Wildman–Crippen MR) is 69.9 cm³/mol. The number of benzene rings is 1. The molecule has 5 nitrogen and oxygen atoms in total. The van der Waals surface area contributed by atoms with E-state index in [4.69, 9.17) is 16.7 Å². The number of nitrogens with zero attached hydrogens (tertiary/aromatic N) is 2. The Morgan fingerprint density at radius 3 is 2.67 bits per heavy atom. The van der Waals surface area contributed by atoms with Crippen LogP contribution in [0.25, 0.3) is 10.6 Å². The molecule has 1 heterocycles. The molecular formula is C11H10ClN3O2S. The summed E-state index contributed by atoms with van der Waals surface area (Å²) in [5, 5.41) is 21.0. The first kappa shape index (κ1) is 12.8. The summed E-state index contributed by atoms with van der Waals surface area (Å²) < 4.78 is 0. The highest BCUT2D eigenvalue weighted by Crippen LogP contribution is 2.27.